The third-order valence-electron chi connectivity index (χ3n) is 5.40. The van der Waals surface area contributed by atoms with Crippen molar-refractivity contribution in [2.75, 3.05) is 19.6 Å². The van der Waals surface area contributed by atoms with Gasteiger partial charge in [0.05, 0.1) is 15.6 Å². The number of aliphatic hydroxyl groups is 1. The summed E-state index contributed by atoms with van der Waals surface area (Å²) >= 11 is 11.8. The molecule has 8 heteroatoms. The molecule has 1 fully saturated rings. The van der Waals surface area contributed by atoms with Crippen LogP contribution in [0.4, 0.5) is 8.78 Å². The Morgan fingerprint density at radius 2 is 1.73 bits per heavy atom. The number of hydrogen-bond acceptors (Lipinski definition) is 4. The fourth-order valence-corrected chi connectivity index (χ4v) is 3.89. The number of ketones is 2. The molecule has 0 aromatic heterocycles. The molecule has 2 aromatic rings. The second kappa shape index (κ2) is 9.52. The molecule has 1 aliphatic heterocycles. The van der Waals surface area contributed by atoms with Gasteiger partial charge in [-0.2, -0.15) is 0 Å². The molecule has 0 unspecified atom stereocenters. The van der Waals surface area contributed by atoms with Crippen LogP contribution in [0.25, 0.3) is 0 Å². The maximum absolute atomic E-state index is 13.7. The molecule has 0 aliphatic carbocycles. The fraction of sp³-hybridized carbons (Fsp3) is 0.364. The number of piperidine rings is 1. The van der Waals surface area contributed by atoms with Gasteiger partial charge in [0.15, 0.2) is 11.6 Å². The Balaban J connectivity index is 1.49. The van der Waals surface area contributed by atoms with E-state index in [0.29, 0.717) is 42.7 Å². The number of carbonyl (C=O) groups is 2. The molecular weight excluding hydrogens is 435 g/mol. The van der Waals surface area contributed by atoms with Gasteiger partial charge < -0.3 is 10.0 Å². The number of rotatable bonds is 7. The van der Waals surface area contributed by atoms with Gasteiger partial charge in [-0.25, -0.2) is 8.78 Å². The molecule has 0 saturated carbocycles. The molecule has 2 aromatic carbocycles. The van der Waals surface area contributed by atoms with Crippen molar-refractivity contribution >= 4 is 34.8 Å². The van der Waals surface area contributed by atoms with Crippen LogP contribution in [0, 0.1) is 11.6 Å². The van der Waals surface area contributed by atoms with E-state index in [1.807, 2.05) is 4.90 Å². The van der Waals surface area contributed by atoms with Crippen molar-refractivity contribution in [1.29, 1.82) is 0 Å². The Labute approximate surface area is 183 Å². The normalized spacial score (nSPS) is 16.4. The molecule has 30 heavy (non-hydrogen) atoms. The van der Waals surface area contributed by atoms with Gasteiger partial charge in [0.1, 0.15) is 17.2 Å². The van der Waals surface area contributed by atoms with Gasteiger partial charge in [0.25, 0.3) is 0 Å². The molecule has 0 amide bonds. The number of hydrogen-bond donors (Lipinski definition) is 1. The first-order valence-electron chi connectivity index (χ1n) is 9.62. The lowest BCUT2D eigenvalue weighted by Gasteiger charge is -2.37. The number of Topliss-reactive ketones (excluding diaryl/α,β-unsaturated/α-hetero) is 2. The highest BCUT2D eigenvalue weighted by Gasteiger charge is 2.39. The zero-order chi connectivity index (χ0) is 21.9. The lowest BCUT2D eigenvalue weighted by atomic mass is 9.84. The maximum Gasteiger partial charge on any atom is 0.194 e. The predicted molar refractivity (Wildman–Crippen MR) is 111 cm³/mol. The SMILES string of the molecule is O=C(CCCN1CCC(O)(C(=O)c2ccc(Cl)c(Cl)c2)CC1)c1ccc(F)cc1F. The number of carbonyl (C=O) groups excluding carboxylic acids is 2. The van der Waals surface area contributed by atoms with E-state index in [4.69, 9.17) is 23.2 Å². The number of benzene rings is 2. The first-order valence-corrected chi connectivity index (χ1v) is 10.4. The topological polar surface area (TPSA) is 57.6 Å². The summed E-state index contributed by atoms with van der Waals surface area (Å²) in [5.74, 6) is -2.34. The smallest absolute Gasteiger partial charge is 0.194 e. The minimum Gasteiger partial charge on any atom is -0.382 e. The highest BCUT2D eigenvalue weighted by molar-refractivity contribution is 6.42. The fourth-order valence-electron chi connectivity index (χ4n) is 3.59. The van der Waals surface area contributed by atoms with Gasteiger partial charge in [0.2, 0.25) is 0 Å². The van der Waals surface area contributed by atoms with E-state index in [0.717, 1.165) is 12.1 Å². The minimum atomic E-state index is -1.47. The van der Waals surface area contributed by atoms with Crippen molar-refractivity contribution in [3.05, 3.63) is 69.2 Å². The summed E-state index contributed by atoms with van der Waals surface area (Å²) in [6.45, 7) is 1.55. The zero-order valence-corrected chi connectivity index (χ0v) is 17.6. The Bertz CT molecular complexity index is 959. The first-order chi connectivity index (χ1) is 14.2. The van der Waals surface area contributed by atoms with Crippen molar-refractivity contribution in [2.24, 2.45) is 0 Å². The van der Waals surface area contributed by atoms with Crippen LogP contribution in [-0.2, 0) is 0 Å². The lowest BCUT2D eigenvalue weighted by Crippen LogP contribution is -2.49. The van der Waals surface area contributed by atoms with Crippen molar-refractivity contribution in [1.82, 2.24) is 4.90 Å². The van der Waals surface area contributed by atoms with E-state index < -0.39 is 17.2 Å². The van der Waals surface area contributed by atoms with E-state index in [1.165, 1.54) is 12.1 Å². The molecule has 3 rings (SSSR count). The largest absolute Gasteiger partial charge is 0.382 e. The van der Waals surface area contributed by atoms with Crippen LogP contribution < -0.4 is 0 Å². The predicted octanol–water partition coefficient (Wildman–Crippen LogP) is 4.94. The van der Waals surface area contributed by atoms with Crippen LogP contribution in [0.1, 0.15) is 46.4 Å². The van der Waals surface area contributed by atoms with Crippen molar-refractivity contribution in [2.45, 2.75) is 31.3 Å². The molecule has 0 spiro atoms. The molecule has 1 aliphatic rings. The Kier molecular flexibility index (Phi) is 7.24. The number of likely N-dealkylation sites (tertiary alicyclic amines) is 1. The average molecular weight is 456 g/mol. The summed E-state index contributed by atoms with van der Waals surface area (Å²) in [5.41, 5.74) is -1.27. The summed E-state index contributed by atoms with van der Waals surface area (Å²) in [6.07, 6.45) is 1.14. The summed E-state index contributed by atoms with van der Waals surface area (Å²) in [6, 6.07) is 7.44. The maximum atomic E-state index is 13.7. The van der Waals surface area contributed by atoms with Crippen LogP contribution in [0.15, 0.2) is 36.4 Å². The number of halogens is 4. The van der Waals surface area contributed by atoms with Crippen molar-refractivity contribution < 1.29 is 23.5 Å². The summed E-state index contributed by atoms with van der Waals surface area (Å²) in [4.78, 5) is 26.9. The van der Waals surface area contributed by atoms with Gasteiger partial charge in [-0.15, -0.1) is 0 Å². The third kappa shape index (κ3) is 5.24. The van der Waals surface area contributed by atoms with E-state index in [1.54, 1.807) is 6.07 Å². The quantitative estimate of drug-likeness (QED) is 0.600. The second-order valence-electron chi connectivity index (χ2n) is 7.48. The van der Waals surface area contributed by atoms with Gasteiger partial charge in [-0.1, -0.05) is 23.2 Å². The Morgan fingerprint density at radius 1 is 1.03 bits per heavy atom. The average Bonchev–Trinajstić information content (AvgIpc) is 2.71. The lowest BCUT2D eigenvalue weighted by molar-refractivity contribution is -0.00648. The molecule has 160 valence electrons. The number of nitrogens with zero attached hydrogens (tertiary/aromatic N) is 1. The standard InChI is InChI=1S/C22H21Cl2F2NO3/c23-17-6-3-14(12-18(17)24)21(29)22(30)7-10-27(11-8-22)9-1-2-20(28)16-5-4-15(25)13-19(16)26/h3-6,12-13,30H,1-2,7-11H2. The van der Waals surface area contributed by atoms with Crippen LogP contribution >= 0.6 is 23.2 Å². The highest BCUT2D eigenvalue weighted by Crippen LogP contribution is 2.30. The van der Waals surface area contributed by atoms with Crippen molar-refractivity contribution in [3.8, 4) is 0 Å². The third-order valence-corrected chi connectivity index (χ3v) is 6.14. The van der Waals surface area contributed by atoms with E-state index >= 15 is 0 Å². The van der Waals surface area contributed by atoms with Crippen molar-refractivity contribution in [3.63, 3.8) is 0 Å². The second-order valence-corrected chi connectivity index (χ2v) is 8.30. The van der Waals surface area contributed by atoms with Gasteiger partial charge in [-0.05, 0) is 56.1 Å². The monoisotopic (exact) mass is 455 g/mol. The summed E-state index contributed by atoms with van der Waals surface area (Å²) < 4.78 is 26.6. The summed E-state index contributed by atoms with van der Waals surface area (Å²) in [5, 5.41) is 11.4. The van der Waals surface area contributed by atoms with Gasteiger partial charge in [0, 0.05) is 31.1 Å². The van der Waals surface area contributed by atoms with Gasteiger partial charge >= 0.3 is 0 Å². The van der Waals surface area contributed by atoms with E-state index in [2.05, 4.69) is 0 Å². The molecule has 1 heterocycles. The van der Waals surface area contributed by atoms with Crippen LogP contribution in [0.3, 0.4) is 0 Å². The molecule has 1 saturated heterocycles. The first kappa shape index (κ1) is 22.8. The van der Waals surface area contributed by atoms with Crippen LogP contribution in [0.5, 0.6) is 0 Å². The van der Waals surface area contributed by atoms with Gasteiger partial charge in [-0.3, -0.25) is 9.59 Å². The zero-order valence-electron chi connectivity index (χ0n) is 16.1. The summed E-state index contributed by atoms with van der Waals surface area (Å²) in [7, 11) is 0. The molecule has 1 N–H and O–H groups in total. The molecule has 0 atom stereocenters. The van der Waals surface area contributed by atoms with Crippen LogP contribution in [-0.4, -0.2) is 46.8 Å². The molecule has 0 radical (unpaired) electrons. The highest BCUT2D eigenvalue weighted by atomic mass is 35.5. The van der Waals surface area contributed by atoms with E-state index in [9.17, 15) is 23.5 Å². The molecule has 4 nitrogen and oxygen atoms in total. The molecular formula is C22H21Cl2F2NO3. The van der Waals surface area contributed by atoms with E-state index in [-0.39, 0.29) is 41.4 Å². The Morgan fingerprint density at radius 3 is 2.37 bits per heavy atom. The molecule has 0 bridgehead atoms. The Hall–Kier alpha value is -1.86. The van der Waals surface area contributed by atoms with Crippen LogP contribution in [0.2, 0.25) is 10.0 Å². The minimum absolute atomic E-state index is 0.114.